The number of hydrogen-bond acceptors (Lipinski definition) is 7. The van der Waals surface area contributed by atoms with Crippen LogP contribution in [0.5, 0.6) is 0 Å². The fourth-order valence-electron chi connectivity index (χ4n) is 3.61. The number of hydrogen-bond donors (Lipinski definition) is 3. The molecule has 170 valence electrons. The van der Waals surface area contributed by atoms with Gasteiger partial charge in [0, 0.05) is 42.9 Å². The summed E-state index contributed by atoms with van der Waals surface area (Å²) in [7, 11) is 1.54. The number of nitrogens with zero attached hydrogens (tertiary/aromatic N) is 3. The topological polar surface area (TPSA) is 123 Å². The third kappa shape index (κ3) is 5.29. The number of imide groups is 1. The minimum absolute atomic E-state index is 0.0369. The van der Waals surface area contributed by atoms with E-state index in [4.69, 9.17) is 9.47 Å². The van der Waals surface area contributed by atoms with Gasteiger partial charge in [-0.15, -0.1) is 10.2 Å². The van der Waals surface area contributed by atoms with Crippen molar-refractivity contribution in [2.75, 3.05) is 32.6 Å². The summed E-state index contributed by atoms with van der Waals surface area (Å²) in [4.78, 5) is 27.2. The van der Waals surface area contributed by atoms with Gasteiger partial charge in [-0.1, -0.05) is 30.0 Å². The summed E-state index contributed by atoms with van der Waals surface area (Å²) in [5.74, 6) is 0.346. The van der Waals surface area contributed by atoms with Crippen molar-refractivity contribution < 1.29 is 19.1 Å². The molecule has 3 amide bonds. The Morgan fingerprint density at radius 1 is 1.34 bits per heavy atom. The van der Waals surface area contributed by atoms with Crippen molar-refractivity contribution in [3.8, 4) is 11.4 Å². The molecule has 1 atom stereocenters. The normalized spacial score (nSPS) is 15.8. The Balaban J connectivity index is 1.49. The number of carbonyl (C=O) groups excluding carboxylic acids is 2. The number of rotatable bonds is 9. The lowest BCUT2D eigenvalue weighted by Gasteiger charge is -2.14. The molecule has 0 spiro atoms. The van der Waals surface area contributed by atoms with Gasteiger partial charge in [-0.2, -0.15) is 0 Å². The first kappa shape index (κ1) is 22.3. The smallest absolute Gasteiger partial charge is 0.321 e. The zero-order valence-electron chi connectivity index (χ0n) is 17.8. The van der Waals surface area contributed by atoms with Crippen LogP contribution < -0.4 is 10.6 Å². The quantitative estimate of drug-likeness (QED) is 0.332. The van der Waals surface area contributed by atoms with E-state index in [1.165, 1.54) is 11.8 Å². The summed E-state index contributed by atoms with van der Waals surface area (Å²) < 4.78 is 12.7. The first-order valence-electron chi connectivity index (χ1n) is 10.5. The van der Waals surface area contributed by atoms with Crippen molar-refractivity contribution in [1.82, 2.24) is 30.4 Å². The second-order valence-electron chi connectivity index (χ2n) is 7.39. The van der Waals surface area contributed by atoms with Gasteiger partial charge in [-0.05, 0) is 18.9 Å². The number of carbonyl (C=O) groups is 2. The van der Waals surface area contributed by atoms with Crippen LogP contribution in [0.25, 0.3) is 22.3 Å². The third-order valence-corrected chi connectivity index (χ3v) is 6.10. The van der Waals surface area contributed by atoms with Crippen molar-refractivity contribution in [2.45, 2.75) is 30.6 Å². The van der Waals surface area contributed by atoms with E-state index in [-0.39, 0.29) is 11.9 Å². The zero-order chi connectivity index (χ0) is 22.3. The number of nitrogens with one attached hydrogen (secondary N) is 3. The van der Waals surface area contributed by atoms with E-state index in [0.29, 0.717) is 24.9 Å². The first-order chi connectivity index (χ1) is 15.7. The van der Waals surface area contributed by atoms with E-state index in [0.717, 1.165) is 41.7 Å². The Kier molecular flexibility index (Phi) is 7.40. The van der Waals surface area contributed by atoms with Gasteiger partial charge in [0.25, 0.3) is 0 Å². The van der Waals surface area contributed by atoms with Crippen LogP contribution in [-0.2, 0) is 20.8 Å². The van der Waals surface area contributed by atoms with Crippen LogP contribution in [0.3, 0.4) is 0 Å². The van der Waals surface area contributed by atoms with Crippen LogP contribution in [0.4, 0.5) is 4.79 Å². The van der Waals surface area contributed by atoms with Gasteiger partial charge in [0.1, 0.15) is 0 Å². The SMILES string of the molecule is COCCNC(=O)NC(=O)CSc1nnc(-c2c[nH]c3ccccc23)n1C[C@H]1CCCO1. The minimum atomic E-state index is -0.548. The van der Waals surface area contributed by atoms with E-state index in [1.54, 1.807) is 7.11 Å². The fourth-order valence-corrected chi connectivity index (χ4v) is 4.36. The molecule has 1 aliphatic rings. The van der Waals surface area contributed by atoms with Crippen LogP contribution in [0.15, 0.2) is 35.6 Å². The van der Waals surface area contributed by atoms with Crippen LogP contribution in [-0.4, -0.2) is 70.4 Å². The van der Waals surface area contributed by atoms with E-state index < -0.39 is 11.9 Å². The Labute approximate surface area is 189 Å². The van der Waals surface area contributed by atoms with Gasteiger partial charge in [0.15, 0.2) is 11.0 Å². The van der Waals surface area contributed by atoms with Crippen LogP contribution in [0, 0.1) is 0 Å². The van der Waals surface area contributed by atoms with Gasteiger partial charge in [-0.25, -0.2) is 4.79 Å². The molecule has 1 saturated heterocycles. The molecule has 3 heterocycles. The van der Waals surface area contributed by atoms with Crippen molar-refractivity contribution in [3.05, 3.63) is 30.5 Å². The highest BCUT2D eigenvalue weighted by molar-refractivity contribution is 7.99. The summed E-state index contributed by atoms with van der Waals surface area (Å²) >= 11 is 1.24. The Morgan fingerprint density at radius 3 is 3.03 bits per heavy atom. The van der Waals surface area contributed by atoms with Gasteiger partial charge in [0.2, 0.25) is 5.91 Å². The third-order valence-electron chi connectivity index (χ3n) is 5.13. The fraction of sp³-hybridized carbons (Fsp3) is 0.429. The molecule has 3 N–H and O–H groups in total. The monoisotopic (exact) mass is 458 g/mol. The summed E-state index contributed by atoms with van der Waals surface area (Å²) in [6.45, 7) is 2.05. The second-order valence-corrected chi connectivity index (χ2v) is 8.33. The minimum Gasteiger partial charge on any atom is -0.383 e. The van der Waals surface area contributed by atoms with Gasteiger partial charge >= 0.3 is 6.03 Å². The Bertz CT molecular complexity index is 1080. The van der Waals surface area contributed by atoms with Gasteiger partial charge in [-0.3, -0.25) is 14.7 Å². The average molecular weight is 459 g/mol. The van der Waals surface area contributed by atoms with Crippen molar-refractivity contribution >= 4 is 34.6 Å². The Hall–Kier alpha value is -2.89. The summed E-state index contributed by atoms with van der Waals surface area (Å²) in [5.41, 5.74) is 1.96. The number of ether oxygens (including phenoxy) is 2. The molecule has 10 nitrogen and oxygen atoms in total. The number of urea groups is 1. The van der Waals surface area contributed by atoms with Crippen LogP contribution >= 0.6 is 11.8 Å². The highest BCUT2D eigenvalue weighted by atomic mass is 32.2. The van der Waals surface area contributed by atoms with E-state index in [9.17, 15) is 9.59 Å². The summed E-state index contributed by atoms with van der Waals surface area (Å²) in [6.07, 6.45) is 4.00. The molecule has 2 aromatic heterocycles. The molecular formula is C21H26N6O4S. The van der Waals surface area contributed by atoms with Crippen molar-refractivity contribution in [3.63, 3.8) is 0 Å². The summed E-state index contributed by atoms with van der Waals surface area (Å²) in [5, 5.41) is 15.3. The first-order valence-corrected chi connectivity index (χ1v) is 11.4. The van der Waals surface area contributed by atoms with E-state index >= 15 is 0 Å². The molecule has 3 aromatic rings. The van der Waals surface area contributed by atoms with E-state index in [2.05, 4.69) is 25.8 Å². The lowest BCUT2D eigenvalue weighted by atomic mass is 10.1. The van der Waals surface area contributed by atoms with E-state index in [1.807, 2.05) is 35.0 Å². The standard InChI is InChI=1S/C21H26N6O4S/c1-30-10-8-22-20(29)24-18(28)13-32-21-26-25-19(27(21)12-14-5-4-9-31-14)16-11-23-17-7-3-2-6-15(16)17/h2-3,6-7,11,14,23H,4-5,8-10,12-13H2,1H3,(H2,22,24,28,29)/t14-/m1/s1. The maximum Gasteiger partial charge on any atom is 0.321 e. The predicted molar refractivity (Wildman–Crippen MR) is 120 cm³/mol. The molecule has 1 fully saturated rings. The maximum atomic E-state index is 12.2. The zero-order valence-corrected chi connectivity index (χ0v) is 18.6. The molecule has 0 aliphatic carbocycles. The number of amides is 3. The molecule has 11 heteroatoms. The number of para-hydroxylation sites is 1. The number of aromatic amines is 1. The van der Waals surface area contributed by atoms with Crippen molar-refractivity contribution in [1.29, 1.82) is 0 Å². The number of thioether (sulfide) groups is 1. The van der Waals surface area contributed by atoms with Crippen LogP contribution in [0.1, 0.15) is 12.8 Å². The average Bonchev–Trinajstić information content (AvgIpc) is 3.53. The number of H-pyrrole nitrogens is 1. The largest absolute Gasteiger partial charge is 0.383 e. The molecule has 0 bridgehead atoms. The van der Waals surface area contributed by atoms with Gasteiger partial charge in [0.05, 0.1) is 25.0 Å². The van der Waals surface area contributed by atoms with Crippen LogP contribution in [0.2, 0.25) is 0 Å². The molecule has 4 rings (SSSR count). The molecule has 0 radical (unpaired) electrons. The molecule has 1 aliphatic heterocycles. The lowest BCUT2D eigenvalue weighted by molar-refractivity contribution is -0.117. The molecule has 1 aromatic carbocycles. The molecular weight excluding hydrogens is 432 g/mol. The predicted octanol–water partition coefficient (Wildman–Crippen LogP) is 2.17. The Morgan fingerprint density at radius 2 is 2.22 bits per heavy atom. The molecule has 0 saturated carbocycles. The number of aromatic nitrogens is 4. The van der Waals surface area contributed by atoms with Gasteiger partial charge < -0.3 is 19.8 Å². The lowest BCUT2D eigenvalue weighted by Crippen LogP contribution is -2.41. The number of benzene rings is 1. The highest BCUT2D eigenvalue weighted by Crippen LogP contribution is 2.31. The maximum absolute atomic E-state index is 12.2. The summed E-state index contributed by atoms with van der Waals surface area (Å²) in [6, 6.07) is 7.46. The molecule has 0 unspecified atom stereocenters. The number of methoxy groups -OCH3 is 1. The number of fused-ring (bicyclic) bond motifs is 1. The van der Waals surface area contributed by atoms with Crippen molar-refractivity contribution in [2.24, 2.45) is 0 Å². The highest BCUT2D eigenvalue weighted by Gasteiger charge is 2.23. The second kappa shape index (κ2) is 10.6. The molecule has 32 heavy (non-hydrogen) atoms.